The summed E-state index contributed by atoms with van der Waals surface area (Å²) >= 11 is 0. The van der Waals surface area contributed by atoms with E-state index in [-0.39, 0.29) is 5.69 Å². The summed E-state index contributed by atoms with van der Waals surface area (Å²) in [5, 5.41) is 4.08. The zero-order valence-corrected chi connectivity index (χ0v) is 14.1. The Kier molecular flexibility index (Phi) is 4.54. The van der Waals surface area contributed by atoms with E-state index in [2.05, 4.69) is 9.82 Å². The molecule has 3 rings (SSSR count). The van der Waals surface area contributed by atoms with E-state index in [1.165, 1.54) is 12.4 Å². The fraction of sp³-hybridized carbons (Fsp3) is 0.118. The van der Waals surface area contributed by atoms with Crippen molar-refractivity contribution in [3.8, 4) is 0 Å². The Morgan fingerprint density at radius 1 is 1.12 bits per heavy atom. The number of hydrogen-bond donors (Lipinski definition) is 1. The smallest absolute Gasteiger partial charge is 0.264 e. The summed E-state index contributed by atoms with van der Waals surface area (Å²) in [6.45, 7) is 2.45. The molecule has 0 aliphatic heterocycles. The third kappa shape index (κ3) is 4.03. The first kappa shape index (κ1) is 17.1. The van der Waals surface area contributed by atoms with Gasteiger partial charge in [0.25, 0.3) is 10.0 Å². The van der Waals surface area contributed by atoms with Crippen LogP contribution in [0.15, 0.2) is 59.8 Å². The van der Waals surface area contributed by atoms with Gasteiger partial charge in [0.15, 0.2) is 0 Å². The molecule has 0 aliphatic carbocycles. The number of aromatic nitrogens is 2. The molecule has 25 heavy (non-hydrogen) atoms. The molecule has 1 aromatic heterocycles. The molecule has 0 atom stereocenters. The molecule has 0 radical (unpaired) electrons. The highest BCUT2D eigenvalue weighted by Crippen LogP contribution is 2.19. The summed E-state index contributed by atoms with van der Waals surface area (Å²) < 4.78 is 54.9. The van der Waals surface area contributed by atoms with Crippen LogP contribution >= 0.6 is 0 Å². The molecular weight excluding hydrogens is 348 g/mol. The molecule has 0 amide bonds. The van der Waals surface area contributed by atoms with Crippen LogP contribution in [-0.2, 0) is 16.6 Å². The molecule has 2 aromatic carbocycles. The number of halogens is 2. The lowest BCUT2D eigenvalue weighted by Gasteiger charge is -2.07. The number of nitrogens with one attached hydrogen (secondary N) is 1. The Hall–Kier alpha value is -2.74. The van der Waals surface area contributed by atoms with Crippen LogP contribution < -0.4 is 4.72 Å². The van der Waals surface area contributed by atoms with E-state index in [1.54, 1.807) is 4.68 Å². The number of aryl methyl sites for hydroxylation is 1. The number of hydrogen-bond acceptors (Lipinski definition) is 3. The van der Waals surface area contributed by atoms with Gasteiger partial charge in [-0.2, -0.15) is 5.10 Å². The third-order valence-corrected chi connectivity index (χ3v) is 4.95. The van der Waals surface area contributed by atoms with Crippen LogP contribution in [0.3, 0.4) is 0 Å². The first-order valence-corrected chi connectivity index (χ1v) is 8.88. The molecule has 0 saturated heterocycles. The zero-order chi connectivity index (χ0) is 18.0. The molecule has 1 heterocycles. The highest BCUT2D eigenvalue weighted by molar-refractivity contribution is 7.92. The quantitative estimate of drug-likeness (QED) is 0.756. The Morgan fingerprint density at radius 3 is 2.52 bits per heavy atom. The lowest BCUT2D eigenvalue weighted by Crippen LogP contribution is -2.14. The van der Waals surface area contributed by atoms with Gasteiger partial charge in [0, 0.05) is 12.3 Å². The lowest BCUT2D eigenvalue weighted by molar-refractivity contribution is 0.551. The molecule has 3 aromatic rings. The fourth-order valence-electron chi connectivity index (χ4n) is 2.29. The Bertz CT molecular complexity index is 999. The molecule has 0 saturated carbocycles. The normalized spacial score (nSPS) is 11.5. The van der Waals surface area contributed by atoms with Crippen molar-refractivity contribution in [1.82, 2.24) is 9.78 Å². The minimum absolute atomic E-state index is 0.191. The summed E-state index contributed by atoms with van der Waals surface area (Å²) in [5.74, 6) is -2.00. The summed E-state index contributed by atoms with van der Waals surface area (Å²) in [4.78, 5) is -0.625. The minimum atomic E-state index is -4.17. The van der Waals surface area contributed by atoms with Crippen LogP contribution in [0.25, 0.3) is 0 Å². The predicted octanol–water partition coefficient (Wildman–Crippen LogP) is 3.32. The second kappa shape index (κ2) is 6.64. The average molecular weight is 363 g/mol. The van der Waals surface area contributed by atoms with Crippen molar-refractivity contribution in [2.75, 3.05) is 4.72 Å². The van der Waals surface area contributed by atoms with Crippen molar-refractivity contribution >= 4 is 15.7 Å². The Balaban J connectivity index is 1.77. The van der Waals surface area contributed by atoms with Gasteiger partial charge >= 0.3 is 0 Å². The van der Waals surface area contributed by atoms with Gasteiger partial charge < -0.3 is 0 Å². The largest absolute Gasteiger partial charge is 0.276 e. The van der Waals surface area contributed by atoms with Crippen LogP contribution in [0, 0.1) is 18.6 Å². The van der Waals surface area contributed by atoms with Crippen LogP contribution in [0.5, 0.6) is 0 Å². The van der Waals surface area contributed by atoms with E-state index in [4.69, 9.17) is 0 Å². The van der Waals surface area contributed by atoms with Gasteiger partial charge in [0.1, 0.15) is 16.5 Å². The maximum atomic E-state index is 13.7. The molecule has 0 spiro atoms. The van der Waals surface area contributed by atoms with Crippen molar-refractivity contribution in [3.05, 3.63) is 77.6 Å². The second-order valence-electron chi connectivity index (χ2n) is 5.59. The minimum Gasteiger partial charge on any atom is -0.276 e. The number of sulfonamides is 1. The monoisotopic (exact) mass is 363 g/mol. The van der Waals surface area contributed by atoms with Crippen molar-refractivity contribution in [2.24, 2.45) is 0 Å². The van der Waals surface area contributed by atoms with Crippen LogP contribution in [0.4, 0.5) is 14.5 Å². The molecule has 130 valence electrons. The van der Waals surface area contributed by atoms with Gasteiger partial charge in [-0.05, 0) is 24.6 Å². The summed E-state index contributed by atoms with van der Waals surface area (Å²) in [6, 6.07) is 10.1. The van der Waals surface area contributed by atoms with Gasteiger partial charge in [-0.15, -0.1) is 0 Å². The maximum Gasteiger partial charge on any atom is 0.264 e. The molecule has 8 heteroatoms. The molecular formula is C17H15F2N3O2S. The van der Waals surface area contributed by atoms with E-state index >= 15 is 0 Å². The Labute approximate surface area is 144 Å². The maximum absolute atomic E-state index is 13.7. The van der Waals surface area contributed by atoms with Crippen molar-refractivity contribution in [3.63, 3.8) is 0 Å². The average Bonchev–Trinajstić information content (AvgIpc) is 2.95. The molecule has 0 bridgehead atoms. The van der Waals surface area contributed by atoms with E-state index < -0.39 is 26.6 Å². The van der Waals surface area contributed by atoms with E-state index in [0.29, 0.717) is 12.6 Å². The van der Waals surface area contributed by atoms with Gasteiger partial charge in [-0.25, -0.2) is 17.2 Å². The van der Waals surface area contributed by atoms with Crippen molar-refractivity contribution in [2.45, 2.75) is 18.4 Å². The first-order valence-electron chi connectivity index (χ1n) is 7.39. The number of nitrogens with zero attached hydrogens (tertiary/aromatic N) is 2. The second-order valence-corrected chi connectivity index (χ2v) is 7.24. The highest BCUT2D eigenvalue weighted by atomic mass is 32.2. The molecule has 0 aliphatic rings. The van der Waals surface area contributed by atoms with E-state index in [1.807, 2.05) is 31.2 Å². The fourth-order valence-corrected chi connectivity index (χ4v) is 3.38. The van der Waals surface area contributed by atoms with Gasteiger partial charge in [-0.1, -0.05) is 29.8 Å². The molecule has 0 fully saturated rings. The van der Waals surface area contributed by atoms with Gasteiger partial charge in [0.05, 0.1) is 18.4 Å². The number of rotatable bonds is 5. The number of anilines is 1. The Morgan fingerprint density at radius 2 is 1.84 bits per heavy atom. The van der Waals surface area contributed by atoms with Crippen LogP contribution in [-0.4, -0.2) is 18.2 Å². The topological polar surface area (TPSA) is 64.0 Å². The highest BCUT2D eigenvalue weighted by Gasteiger charge is 2.20. The standard InChI is InChI=1S/C17H15F2N3O2S/c1-12-2-4-13(5-3-12)10-22-11-15(9-20-22)21-25(23,24)17-7-6-14(18)8-16(17)19/h2-9,11,21H,10H2,1H3. The third-order valence-electron chi connectivity index (χ3n) is 3.53. The summed E-state index contributed by atoms with van der Waals surface area (Å²) in [7, 11) is -4.17. The first-order chi connectivity index (χ1) is 11.8. The van der Waals surface area contributed by atoms with Gasteiger partial charge in [0.2, 0.25) is 0 Å². The molecule has 0 unspecified atom stereocenters. The van der Waals surface area contributed by atoms with Crippen molar-refractivity contribution < 1.29 is 17.2 Å². The van der Waals surface area contributed by atoms with E-state index in [9.17, 15) is 17.2 Å². The van der Waals surface area contributed by atoms with Crippen LogP contribution in [0.2, 0.25) is 0 Å². The van der Waals surface area contributed by atoms with Crippen LogP contribution in [0.1, 0.15) is 11.1 Å². The lowest BCUT2D eigenvalue weighted by atomic mass is 10.1. The number of benzene rings is 2. The molecule has 1 N–H and O–H groups in total. The zero-order valence-electron chi connectivity index (χ0n) is 13.3. The summed E-state index contributed by atoms with van der Waals surface area (Å²) in [5.41, 5.74) is 2.34. The SMILES string of the molecule is Cc1ccc(Cn2cc(NS(=O)(=O)c3ccc(F)cc3F)cn2)cc1. The summed E-state index contributed by atoms with van der Waals surface area (Å²) in [6.07, 6.45) is 2.83. The van der Waals surface area contributed by atoms with E-state index in [0.717, 1.165) is 23.3 Å². The van der Waals surface area contributed by atoms with Gasteiger partial charge in [-0.3, -0.25) is 9.40 Å². The van der Waals surface area contributed by atoms with Crippen molar-refractivity contribution in [1.29, 1.82) is 0 Å². The molecule has 5 nitrogen and oxygen atoms in total. The predicted molar refractivity (Wildman–Crippen MR) is 89.7 cm³/mol.